The topological polar surface area (TPSA) is 35.2 Å². The first kappa shape index (κ1) is 15.3. The molecule has 2 rings (SSSR count). The average Bonchev–Trinajstić information content (AvgIpc) is 2.38. The molecule has 106 valence electrons. The fourth-order valence-corrected chi connectivity index (χ4v) is 2.45. The van der Waals surface area contributed by atoms with Crippen molar-refractivity contribution in [3.8, 4) is 5.75 Å². The molecule has 0 saturated carbocycles. The molecule has 0 aromatic heterocycles. The van der Waals surface area contributed by atoms with Crippen molar-refractivity contribution in [2.24, 2.45) is 5.73 Å². The third-order valence-electron chi connectivity index (χ3n) is 2.86. The van der Waals surface area contributed by atoms with Crippen LogP contribution in [0, 0.1) is 5.82 Å². The van der Waals surface area contributed by atoms with Gasteiger partial charge in [-0.15, -0.1) is 0 Å². The van der Waals surface area contributed by atoms with E-state index in [-0.39, 0.29) is 11.9 Å². The van der Waals surface area contributed by atoms with Crippen molar-refractivity contribution >= 4 is 27.5 Å². The van der Waals surface area contributed by atoms with Crippen LogP contribution < -0.4 is 10.5 Å². The fraction of sp³-hybridized carbons (Fsp3) is 0.200. The zero-order valence-corrected chi connectivity index (χ0v) is 13.2. The molecule has 0 aliphatic rings. The van der Waals surface area contributed by atoms with E-state index in [0.29, 0.717) is 21.9 Å². The zero-order valence-electron chi connectivity index (χ0n) is 10.9. The van der Waals surface area contributed by atoms with Crippen molar-refractivity contribution in [2.75, 3.05) is 0 Å². The molecule has 0 unspecified atom stereocenters. The summed E-state index contributed by atoms with van der Waals surface area (Å²) in [6, 6.07) is 9.65. The minimum absolute atomic E-state index is 0.180. The van der Waals surface area contributed by atoms with Crippen LogP contribution in [0.5, 0.6) is 5.75 Å². The normalized spacial score (nSPS) is 12.2. The quantitative estimate of drug-likeness (QED) is 0.848. The molecule has 0 aliphatic carbocycles. The Kier molecular flexibility index (Phi) is 5.02. The Balaban J connectivity index is 2.18. The number of ether oxygens (including phenoxy) is 1. The van der Waals surface area contributed by atoms with E-state index in [1.165, 1.54) is 12.1 Å². The number of benzene rings is 2. The Hall–Kier alpha value is -1.10. The highest BCUT2D eigenvalue weighted by Gasteiger charge is 2.10. The third-order valence-corrected chi connectivity index (χ3v) is 3.83. The lowest BCUT2D eigenvalue weighted by Gasteiger charge is -2.15. The Morgan fingerprint density at radius 3 is 2.70 bits per heavy atom. The zero-order chi connectivity index (χ0) is 14.7. The highest BCUT2D eigenvalue weighted by Crippen LogP contribution is 2.28. The van der Waals surface area contributed by atoms with E-state index < -0.39 is 0 Å². The molecule has 0 bridgehead atoms. The third kappa shape index (κ3) is 3.72. The van der Waals surface area contributed by atoms with Gasteiger partial charge in [0.05, 0.1) is 0 Å². The number of rotatable bonds is 4. The second-order valence-electron chi connectivity index (χ2n) is 4.50. The summed E-state index contributed by atoms with van der Waals surface area (Å²) in [5.74, 6) is 0.393. The van der Waals surface area contributed by atoms with Crippen LogP contribution in [0.4, 0.5) is 4.39 Å². The lowest BCUT2D eigenvalue weighted by atomic mass is 10.1. The standard InChI is InChI=1S/C15H14BrClFNO/c1-9(19)13-6-11(17)3-5-15(13)20-8-10-2-4-12(18)7-14(10)16/h2-7,9H,8,19H2,1H3/t9-/m0/s1. The Labute approximate surface area is 130 Å². The van der Waals surface area contributed by atoms with Crippen molar-refractivity contribution in [2.45, 2.75) is 19.6 Å². The summed E-state index contributed by atoms with van der Waals surface area (Å²) in [5, 5.41) is 0.618. The van der Waals surface area contributed by atoms with Crippen LogP contribution in [0.25, 0.3) is 0 Å². The monoisotopic (exact) mass is 357 g/mol. The summed E-state index contributed by atoms with van der Waals surface area (Å²) < 4.78 is 19.5. The average molecular weight is 359 g/mol. The van der Waals surface area contributed by atoms with Gasteiger partial charge in [-0.05, 0) is 37.3 Å². The summed E-state index contributed by atoms with van der Waals surface area (Å²) in [6.45, 7) is 2.19. The number of hydrogen-bond acceptors (Lipinski definition) is 2. The maximum Gasteiger partial charge on any atom is 0.124 e. The molecule has 0 heterocycles. The molecular weight excluding hydrogens is 345 g/mol. The fourth-order valence-electron chi connectivity index (χ4n) is 1.80. The lowest BCUT2D eigenvalue weighted by Crippen LogP contribution is -2.08. The minimum Gasteiger partial charge on any atom is -0.489 e. The van der Waals surface area contributed by atoms with Crippen LogP contribution in [0.2, 0.25) is 5.02 Å². The maximum absolute atomic E-state index is 13.0. The maximum atomic E-state index is 13.0. The molecular formula is C15H14BrClFNO. The molecule has 5 heteroatoms. The first-order chi connectivity index (χ1) is 9.47. The summed E-state index contributed by atoms with van der Waals surface area (Å²) in [6.07, 6.45) is 0. The molecule has 20 heavy (non-hydrogen) atoms. The van der Waals surface area contributed by atoms with Crippen LogP contribution in [0.1, 0.15) is 24.1 Å². The minimum atomic E-state index is -0.289. The van der Waals surface area contributed by atoms with Crippen LogP contribution >= 0.6 is 27.5 Å². The highest BCUT2D eigenvalue weighted by molar-refractivity contribution is 9.10. The number of halogens is 3. The molecule has 0 radical (unpaired) electrons. The van der Waals surface area contributed by atoms with Crippen LogP contribution in [-0.2, 0) is 6.61 Å². The van der Waals surface area contributed by atoms with Crippen molar-refractivity contribution in [1.29, 1.82) is 0 Å². The molecule has 0 aliphatic heterocycles. The molecule has 0 amide bonds. The van der Waals surface area contributed by atoms with Gasteiger partial charge in [0.25, 0.3) is 0 Å². The highest BCUT2D eigenvalue weighted by atomic mass is 79.9. The van der Waals surface area contributed by atoms with Crippen LogP contribution in [0.15, 0.2) is 40.9 Å². The van der Waals surface area contributed by atoms with Gasteiger partial charge >= 0.3 is 0 Å². The van der Waals surface area contributed by atoms with Crippen molar-refractivity contribution < 1.29 is 9.13 Å². The summed E-state index contributed by atoms with van der Waals surface area (Å²) in [7, 11) is 0. The van der Waals surface area contributed by atoms with Crippen molar-refractivity contribution in [3.05, 3.63) is 62.8 Å². The van der Waals surface area contributed by atoms with E-state index in [0.717, 1.165) is 11.1 Å². The van der Waals surface area contributed by atoms with Gasteiger partial charge < -0.3 is 10.5 Å². The lowest BCUT2D eigenvalue weighted by molar-refractivity contribution is 0.300. The SMILES string of the molecule is C[C@H](N)c1cc(Cl)ccc1OCc1ccc(F)cc1Br. The Morgan fingerprint density at radius 1 is 1.30 bits per heavy atom. The largest absolute Gasteiger partial charge is 0.489 e. The Bertz CT molecular complexity index is 619. The predicted molar refractivity (Wildman–Crippen MR) is 82.5 cm³/mol. The van der Waals surface area contributed by atoms with Crippen LogP contribution in [0.3, 0.4) is 0 Å². The van der Waals surface area contributed by atoms with Gasteiger partial charge in [-0.2, -0.15) is 0 Å². The van der Waals surface area contributed by atoms with Gasteiger partial charge in [0.2, 0.25) is 0 Å². The molecule has 2 nitrogen and oxygen atoms in total. The summed E-state index contributed by atoms with van der Waals surface area (Å²) >= 11 is 9.27. The molecule has 2 aromatic carbocycles. The predicted octanol–water partition coefficient (Wildman–Crippen LogP) is 4.84. The first-order valence-electron chi connectivity index (χ1n) is 6.09. The molecule has 0 fully saturated rings. The van der Waals surface area contributed by atoms with Gasteiger partial charge in [-0.25, -0.2) is 4.39 Å². The van der Waals surface area contributed by atoms with E-state index in [1.54, 1.807) is 24.3 Å². The first-order valence-corrected chi connectivity index (χ1v) is 7.26. The van der Waals surface area contributed by atoms with E-state index >= 15 is 0 Å². The second kappa shape index (κ2) is 6.57. The van der Waals surface area contributed by atoms with Crippen LogP contribution in [-0.4, -0.2) is 0 Å². The summed E-state index contributed by atoms with van der Waals surface area (Å²) in [4.78, 5) is 0. The van der Waals surface area contributed by atoms with E-state index in [9.17, 15) is 4.39 Å². The summed E-state index contributed by atoms with van der Waals surface area (Å²) in [5.41, 5.74) is 7.61. The molecule has 0 spiro atoms. The smallest absolute Gasteiger partial charge is 0.124 e. The van der Waals surface area contributed by atoms with E-state index in [4.69, 9.17) is 22.1 Å². The van der Waals surface area contributed by atoms with Crippen molar-refractivity contribution in [3.63, 3.8) is 0 Å². The molecule has 1 atom stereocenters. The molecule has 2 N–H and O–H groups in total. The van der Waals surface area contributed by atoms with E-state index in [1.807, 2.05) is 6.92 Å². The molecule has 0 saturated heterocycles. The van der Waals surface area contributed by atoms with E-state index in [2.05, 4.69) is 15.9 Å². The number of nitrogens with two attached hydrogens (primary N) is 1. The van der Waals surface area contributed by atoms with Gasteiger partial charge in [0.1, 0.15) is 18.2 Å². The van der Waals surface area contributed by atoms with Gasteiger partial charge in [-0.1, -0.05) is 33.6 Å². The number of hydrogen-bond donors (Lipinski definition) is 1. The van der Waals surface area contributed by atoms with Gasteiger partial charge in [0.15, 0.2) is 0 Å². The molecule has 2 aromatic rings. The Morgan fingerprint density at radius 2 is 2.05 bits per heavy atom. The van der Waals surface area contributed by atoms with Crippen molar-refractivity contribution in [1.82, 2.24) is 0 Å². The van der Waals surface area contributed by atoms with Gasteiger partial charge in [-0.3, -0.25) is 0 Å². The van der Waals surface area contributed by atoms with Gasteiger partial charge in [0, 0.05) is 26.7 Å². The second-order valence-corrected chi connectivity index (χ2v) is 5.79.